The summed E-state index contributed by atoms with van der Waals surface area (Å²) < 4.78 is 0. The van der Waals surface area contributed by atoms with Crippen LogP contribution < -0.4 is 0 Å². The predicted molar refractivity (Wildman–Crippen MR) is 47.6 cm³/mol. The quantitative estimate of drug-likeness (QED) is 0.688. The van der Waals surface area contributed by atoms with Crippen molar-refractivity contribution < 1.29 is 47.2 Å². The molecule has 0 aliphatic rings. The maximum Gasteiger partial charge on any atom is 0.335 e. The van der Waals surface area contributed by atoms with Gasteiger partial charge in [0.15, 0.2) is 0 Å². The molecule has 0 aliphatic heterocycles. The monoisotopic (exact) mass is 260 g/mol. The summed E-state index contributed by atoms with van der Waals surface area (Å²) in [5.41, 5.74) is 0.167. The van der Waals surface area contributed by atoms with Gasteiger partial charge in [0, 0.05) is 16.5 Å². The van der Waals surface area contributed by atoms with Crippen LogP contribution in [0.3, 0.4) is 0 Å². The Hall–Kier alpha value is -1.43. The van der Waals surface area contributed by atoms with Crippen LogP contribution in [-0.2, 0) is 16.5 Å². The van der Waals surface area contributed by atoms with Crippen molar-refractivity contribution in [3.8, 4) is 0 Å². The first-order chi connectivity index (χ1) is 5.61. The van der Waals surface area contributed by atoms with E-state index in [2.05, 4.69) is 0 Å². The topological polar surface area (TPSA) is 138 Å². The van der Waals surface area contributed by atoms with E-state index < -0.39 is 11.9 Å². The molecule has 0 spiro atoms. The molecule has 0 saturated carbocycles. The minimum Gasteiger partial charge on any atom is -0.478 e. The number of aromatic carboxylic acids is 2. The molecule has 1 aromatic carbocycles. The Labute approximate surface area is 95.1 Å². The van der Waals surface area contributed by atoms with E-state index in [9.17, 15) is 9.59 Å². The summed E-state index contributed by atoms with van der Waals surface area (Å²) in [5.74, 6) is -2.13. The maximum atomic E-state index is 10.3. The van der Waals surface area contributed by atoms with Gasteiger partial charge in [-0.1, -0.05) is 0 Å². The van der Waals surface area contributed by atoms with Crippen LogP contribution in [0.15, 0.2) is 24.3 Å². The Kier molecular flexibility index (Phi) is 10.1. The molecule has 0 unspecified atom stereocenters. The molecule has 0 atom stereocenters. The SMILES string of the molecule is O.O.O=C(O)c1ccc(C(=O)O)cc1.[Ni]. The summed E-state index contributed by atoms with van der Waals surface area (Å²) in [6, 6.07) is 5.02. The van der Waals surface area contributed by atoms with E-state index in [0.717, 1.165) is 0 Å². The first-order valence-corrected chi connectivity index (χ1v) is 3.18. The van der Waals surface area contributed by atoms with Crippen LogP contribution in [0, 0.1) is 0 Å². The van der Waals surface area contributed by atoms with Crippen LogP contribution >= 0.6 is 0 Å². The summed E-state index contributed by atoms with van der Waals surface area (Å²) in [5, 5.41) is 16.9. The fourth-order valence-corrected chi connectivity index (χ4v) is 0.755. The molecule has 1 rings (SSSR count). The molecule has 6 N–H and O–H groups in total. The fraction of sp³-hybridized carbons (Fsp3) is 0. The van der Waals surface area contributed by atoms with E-state index in [1.54, 1.807) is 0 Å². The summed E-state index contributed by atoms with van der Waals surface area (Å²) in [4.78, 5) is 20.7. The first kappa shape index (κ1) is 19.2. The van der Waals surface area contributed by atoms with Gasteiger partial charge in [0.2, 0.25) is 0 Å². The molecule has 0 radical (unpaired) electrons. The van der Waals surface area contributed by atoms with Crippen molar-refractivity contribution in [3.63, 3.8) is 0 Å². The molecule has 0 aromatic heterocycles. The Morgan fingerprint density at radius 2 is 1.00 bits per heavy atom. The van der Waals surface area contributed by atoms with Crippen LogP contribution in [0.25, 0.3) is 0 Å². The van der Waals surface area contributed by atoms with Crippen LogP contribution in [-0.4, -0.2) is 33.1 Å². The van der Waals surface area contributed by atoms with Crippen molar-refractivity contribution in [2.75, 3.05) is 0 Å². The molecule has 0 amide bonds. The molecule has 7 heteroatoms. The Bertz CT molecular complexity index is 287. The number of rotatable bonds is 2. The molecule has 0 heterocycles. The first-order valence-electron chi connectivity index (χ1n) is 3.18. The van der Waals surface area contributed by atoms with E-state index in [1.165, 1.54) is 24.3 Å². The van der Waals surface area contributed by atoms with Gasteiger partial charge in [-0.15, -0.1) is 0 Å². The van der Waals surface area contributed by atoms with Crippen LogP contribution in [0.5, 0.6) is 0 Å². The summed E-state index contributed by atoms with van der Waals surface area (Å²) in [7, 11) is 0. The van der Waals surface area contributed by atoms with Crippen molar-refractivity contribution in [1.82, 2.24) is 0 Å². The molecule has 0 aliphatic carbocycles. The smallest absolute Gasteiger partial charge is 0.335 e. The van der Waals surface area contributed by atoms with Gasteiger partial charge in [-0.3, -0.25) is 0 Å². The number of carboxylic acid groups (broad SMARTS) is 2. The second-order valence-corrected chi connectivity index (χ2v) is 2.19. The maximum absolute atomic E-state index is 10.3. The molecular formula is C8H10NiO6. The van der Waals surface area contributed by atoms with E-state index in [1.807, 2.05) is 0 Å². The average Bonchev–Trinajstić information content (AvgIpc) is 2.04. The Morgan fingerprint density at radius 1 is 0.800 bits per heavy atom. The molecule has 15 heavy (non-hydrogen) atoms. The Balaban J connectivity index is -0.000000480. The second-order valence-electron chi connectivity index (χ2n) is 2.19. The molecular weight excluding hydrogens is 251 g/mol. The van der Waals surface area contributed by atoms with Gasteiger partial charge in [-0.2, -0.15) is 0 Å². The minimum absolute atomic E-state index is 0. The van der Waals surface area contributed by atoms with Gasteiger partial charge >= 0.3 is 11.9 Å². The van der Waals surface area contributed by atoms with Crippen molar-refractivity contribution in [1.29, 1.82) is 0 Å². The number of benzene rings is 1. The Morgan fingerprint density at radius 3 is 1.13 bits per heavy atom. The summed E-state index contributed by atoms with van der Waals surface area (Å²) in [6.45, 7) is 0. The van der Waals surface area contributed by atoms with E-state index >= 15 is 0 Å². The normalized spacial score (nSPS) is 7.47. The van der Waals surface area contributed by atoms with Crippen LogP contribution in [0.2, 0.25) is 0 Å². The predicted octanol–water partition coefficient (Wildman–Crippen LogP) is -0.569. The zero-order valence-electron chi connectivity index (χ0n) is 7.34. The van der Waals surface area contributed by atoms with Crippen molar-refractivity contribution in [2.24, 2.45) is 0 Å². The third-order valence-electron chi connectivity index (χ3n) is 1.38. The summed E-state index contributed by atoms with van der Waals surface area (Å²) in [6.07, 6.45) is 0. The second kappa shape index (κ2) is 7.93. The zero-order valence-corrected chi connectivity index (χ0v) is 8.32. The number of carbonyl (C=O) groups is 2. The number of hydrogen-bond donors (Lipinski definition) is 2. The largest absolute Gasteiger partial charge is 0.478 e. The van der Waals surface area contributed by atoms with Gasteiger partial charge < -0.3 is 21.2 Å². The molecule has 0 fully saturated rings. The fourth-order valence-electron chi connectivity index (χ4n) is 0.755. The average molecular weight is 261 g/mol. The van der Waals surface area contributed by atoms with Gasteiger partial charge in [0.1, 0.15) is 0 Å². The van der Waals surface area contributed by atoms with Crippen molar-refractivity contribution in [2.45, 2.75) is 0 Å². The number of hydrogen-bond acceptors (Lipinski definition) is 2. The van der Waals surface area contributed by atoms with E-state index in [-0.39, 0.29) is 38.6 Å². The van der Waals surface area contributed by atoms with Crippen LogP contribution in [0.4, 0.5) is 0 Å². The molecule has 6 nitrogen and oxygen atoms in total. The van der Waals surface area contributed by atoms with Crippen molar-refractivity contribution in [3.05, 3.63) is 35.4 Å². The van der Waals surface area contributed by atoms with Gasteiger partial charge in [0.05, 0.1) is 11.1 Å². The number of carboxylic acids is 2. The standard InChI is InChI=1S/C8H6O4.Ni.2H2O/c9-7(10)5-1-2-6(4-3-5)8(11)12;;;/h1-4H,(H,9,10)(H,11,12);;2*1H2. The van der Waals surface area contributed by atoms with E-state index in [4.69, 9.17) is 10.2 Å². The third-order valence-corrected chi connectivity index (χ3v) is 1.38. The van der Waals surface area contributed by atoms with E-state index in [0.29, 0.717) is 0 Å². The van der Waals surface area contributed by atoms with Gasteiger partial charge in [0.25, 0.3) is 0 Å². The van der Waals surface area contributed by atoms with Gasteiger partial charge in [-0.05, 0) is 24.3 Å². The summed E-state index contributed by atoms with van der Waals surface area (Å²) >= 11 is 0. The van der Waals surface area contributed by atoms with Crippen LogP contribution in [0.1, 0.15) is 20.7 Å². The molecule has 0 bridgehead atoms. The molecule has 1 aromatic rings. The zero-order chi connectivity index (χ0) is 9.14. The van der Waals surface area contributed by atoms with Gasteiger partial charge in [-0.25, -0.2) is 9.59 Å². The molecule has 0 saturated heterocycles. The minimum atomic E-state index is -1.06. The molecule has 88 valence electrons. The third kappa shape index (κ3) is 5.12. The van der Waals surface area contributed by atoms with Crippen molar-refractivity contribution >= 4 is 11.9 Å².